The minimum absolute atomic E-state index is 0.121. The van der Waals surface area contributed by atoms with Crippen LogP contribution in [-0.4, -0.2) is 46.6 Å². The number of nitrogens with one attached hydrogen (secondary N) is 2. The molecule has 0 aliphatic carbocycles. The lowest BCUT2D eigenvalue weighted by Crippen LogP contribution is -2.40. The molecule has 2 N–H and O–H groups in total. The zero-order chi connectivity index (χ0) is 31.4. The van der Waals surface area contributed by atoms with E-state index in [4.69, 9.17) is 14.2 Å². The van der Waals surface area contributed by atoms with Crippen LogP contribution in [0.5, 0.6) is 17.4 Å². The van der Waals surface area contributed by atoms with Gasteiger partial charge in [0.05, 0.1) is 5.56 Å². The Balaban J connectivity index is 1.48. The quantitative estimate of drug-likeness (QED) is 0.236. The van der Waals surface area contributed by atoms with Gasteiger partial charge < -0.3 is 24.8 Å². The monoisotopic (exact) mass is 599 g/mol. The molecule has 1 aliphatic heterocycles. The third kappa shape index (κ3) is 7.58. The van der Waals surface area contributed by atoms with Gasteiger partial charge in [0.15, 0.2) is 5.60 Å². The van der Waals surface area contributed by atoms with Crippen LogP contribution in [0.15, 0.2) is 61.4 Å². The number of ether oxygens (including phenoxy) is 3. The van der Waals surface area contributed by atoms with Crippen LogP contribution < -0.4 is 25.0 Å². The highest BCUT2D eigenvalue weighted by Gasteiger charge is 2.39. The summed E-state index contributed by atoms with van der Waals surface area (Å²) in [5.74, 6) is -0.884. The minimum Gasteiger partial charge on any atom is -0.476 e. The lowest BCUT2D eigenvalue weighted by atomic mass is 10.1. The zero-order valence-electron chi connectivity index (χ0n) is 23.4. The number of benzene rings is 2. The number of urea groups is 1. The van der Waals surface area contributed by atoms with E-state index >= 15 is 0 Å². The largest absolute Gasteiger partial charge is 0.476 e. The highest BCUT2D eigenvalue weighted by atomic mass is 19.4. The first-order valence-electron chi connectivity index (χ1n) is 12.9. The third-order valence-corrected chi connectivity index (χ3v) is 6.09. The molecular formula is C29H28F3N5O6. The molecule has 11 nitrogen and oxygen atoms in total. The number of hydrogen-bond acceptors (Lipinski definition) is 8. The van der Waals surface area contributed by atoms with Crippen molar-refractivity contribution in [3.63, 3.8) is 0 Å². The summed E-state index contributed by atoms with van der Waals surface area (Å²) in [7, 11) is 0. The number of carbonyl (C=O) groups is 3. The van der Waals surface area contributed by atoms with Gasteiger partial charge in [-0.3, -0.25) is 9.69 Å². The number of fused-ring (bicyclic) bond motifs is 1. The van der Waals surface area contributed by atoms with E-state index in [-0.39, 0.29) is 36.4 Å². The molecule has 3 amide bonds. The first kappa shape index (κ1) is 30.8. The Labute approximate surface area is 244 Å². The van der Waals surface area contributed by atoms with Crippen molar-refractivity contribution >= 4 is 35.1 Å². The fourth-order valence-corrected chi connectivity index (χ4v) is 4.15. The van der Waals surface area contributed by atoms with Crippen LogP contribution in [0.1, 0.15) is 31.9 Å². The summed E-state index contributed by atoms with van der Waals surface area (Å²) in [5, 5.41) is 5.03. The predicted molar refractivity (Wildman–Crippen MR) is 150 cm³/mol. The SMILES string of the molecule is C=CCOC(=O)C(C)(C)Oc1ccc(NC(=O)N2CCc3cc(Oc4cc(NC(C)=O)ncn4)ccc32)cc1C(F)(F)F. The van der Waals surface area contributed by atoms with Gasteiger partial charge in [0, 0.05) is 30.9 Å². The first-order valence-corrected chi connectivity index (χ1v) is 12.9. The number of anilines is 3. The molecule has 2 aromatic carbocycles. The smallest absolute Gasteiger partial charge is 0.420 e. The predicted octanol–water partition coefficient (Wildman–Crippen LogP) is 5.73. The molecule has 0 fully saturated rings. The fourth-order valence-electron chi connectivity index (χ4n) is 4.15. The highest BCUT2D eigenvalue weighted by Crippen LogP contribution is 2.40. The number of nitrogens with zero attached hydrogens (tertiary/aromatic N) is 3. The van der Waals surface area contributed by atoms with E-state index in [2.05, 4.69) is 27.2 Å². The summed E-state index contributed by atoms with van der Waals surface area (Å²) in [6.07, 6.45) is -1.81. The summed E-state index contributed by atoms with van der Waals surface area (Å²) < 4.78 is 57.9. The number of carbonyl (C=O) groups excluding carboxylic acids is 3. The van der Waals surface area contributed by atoms with Crippen molar-refractivity contribution in [2.75, 3.05) is 28.7 Å². The molecule has 3 aromatic rings. The van der Waals surface area contributed by atoms with Gasteiger partial charge in [-0.1, -0.05) is 12.7 Å². The lowest BCUT2D eigenvalue weighted by Gasteiger charge is -2.26. The van der Waals surface area contributed by atoms with E-state index in [1.807, 2.05) is 0 Å². The van der Waals surface area contributed by atoms with Crippen LogP contribution in [0.3, 0.4) is 0 Å². The average molecular weight is 600 g/mol. The van der Waals surface area contributed by atoms with E-state index in [0.29, 0.717) is 17.9 Å². The molecule has 0 bridgehead atoms. The molecule has 1 aliphatic rings. The van der Waals surface area contributed by atoms with Crippen LogP contribution in [-0.2, 0) is 26.9 Å². The minimum atomic E-state index is -4.85. The Morgan fingerprint density at radius 1 is 1.07 bits per heavy atom. The normalized spacial score (nSPS) is 12.7. The van der Waals surface area contributed by atoms with Crippen molar-refractivity contribution in [1.29, 1.82) is 0 Å². The highest BCUT2D eigenvalue weighted by molar-refractivity contribution is 6.03. The molecule has 0 radical (unpaired) electrons. The Bertz CT molecular complexity index is 1560. The number of aromatic nitrogens is 2. The van der Waals surface area contributed by atoms with E-state index in [1.54, 1.807) is 18.2 Å². The van der Waals surface area contributed by atoms with Gasteiger partial charge in [0.25, 0.3) is 0 Å². The van der Waals surface area contributed by atoms with Crippen molar-refractivity contribution in [3.05, 3.63) is 72.6 Å². The topological polar surface area (TPSA) is 132 Å². The number of amides is 3. The van der Waals surface area contributed by atoms with E-state index < -0.39 is 35.1 Å². The van der Waals surface area contributed by atoms with Crippen LogP contribution >= 0.6 is 0 Å². The van der Waals surface area contributed by atoms with Crippen LogP contribution in [0.25, 0.3) is 0 Å². The summed E-state index contributed by atoms with van der Waals surface area (Å²) in [6.45, 7) is 7.49. The molecule has 14 heteroatoms. The molecule has 4 rings (SSSR count). The second-order valence-electron chi connectivity index (χ2n) is 9.86. The van der Waals surface area contributed by atoms with Gasteiger partial charge >= 0.3 is 18.2 Å². The summed E-state index contributed by atoms with van der Waals surface area (Å²) >= 11 is 0. The van der Waals surface area contributed by atoms with Gasteiger partial charge in [-0.15, -0.1) is 0 Å². The molecule has 1 aromatic heterocycles. The Morgan fingerprint density at radius 3 is 2.53 bits per heavy atom. The van der Waals surface area contributed by atoms with Gasteiger partial charge in [0.2, 0.25) is 11.8 Å². The number of hydrogen-bond donors (Lipinski definition) is 2. The van der Waals surface area contributed by atoms with E-state index in [9.17, 15) is 27.6 Å². The van der Waals surface area contributed by atoms with Crippen molar-refractivity contribution < 1.29 is 41.8 Å². The molecule has 43 heavy (non-hydrogen) atoms. The molecule has 226 valence electrons. The lowest BCUT2D eigenvalue weighted by molar-refractivity contribution is -0.160. The summed E-state index contributed by atoms with van der Waals surface area (Å²) in [6, 6.07) is 8.82. The van der Waals surface area contributed by atoms with Crippen molar-refractivity contribution in [2.45, 2.75) is 39.0 Å². The van der Waals surface area contributed by atoms with Crippen LogP contribution in [0.4, 0.5) is 35.2 Å². The molecule has 0 saturated carbocycles. The molecule has 0 spiro atoms. The Kier molecular flexibility index (Phi) is 8.88. The zero-order valence-corrected chi connectivity index (χ0v) is 23.4. The van der Waals surface area contributed by atoms with Crippen LogP contribution in [0, 0.1) is 0 Å². The average Bonchev–Trinajstić information content (AvgIpc) is 3.35. The Hall–Kier alpha value is -5.14. The molecule has 2 heterocycles. The maximum Gasteiger partial charge on any atom is 0.420 e. The standard InChI is InChI=1S/C29H28F3N5O6/c1-5-12-41-26(39)28(3,4)43-23-9-6-19(14-21(23)29(30,31)32)36-27(40)37-11-10-18-13-20(7-8-22(18)37)42-25-15-24(33-16-34-25)35-17(2)38/h5-9,13-16H,1,10-12H2,2-4H3,(H,36,40)(H,33,34,35,38). The molecule has 0 saturated heterocycles. The van der Waals surface area contributed by atoms with Gasteiger partial charge in [-0.2, -0.15) is 13.2 Å². The van der Waals surface area contributed by atoms with Gasteiger partial charge in [-0.25, -0.2) is 19.6 Å². The fraction of sp³-hybridized carbons (Fsp3) is 0.276. The van der Waals surface area contributed by atoms with Crippen LogP contribution in [0.2, 0.25) is 0 Å². The number of halogens is 3. The summed E-state index contributed by atoms with van der Waals surface area (Å²) in [4.78, 5) is 46.0. The Morgan fingerprint density at radius 2 is 1.84 bits per heavy atom. The molecular weight excluding hydrogens is 571 g/mol. The maximum absolute atomic E-state index is 13.9. The van der Waals surface area contributed by atoms with Crippen molar-refractivity contribution in [2.24, 2.45) is 0 Å². The van der Waals surface area contributed by atoms with Gasteiger partial charge in [0.1, 0.15) is 30.3 Å². The number of alkyl halides is 3. The maximum atomic E-state index is 13.9. The number of rotatable bonds is 9. The number of esters is 1. The third-order valence-electron chi connectivity index (χ3n) is 6.09. The summed E-state index contributed by atoms with van der Waals surface area (Å²) in [5.41, 5.74) is -1.69. The molecule has 0 unspecified atom stereocenters. The first-order chi connectivity index (χ1) is 20.3. The second-order valence-corrected chi connectivity index (χ2v) is 9.86. The van der Waals surface area contributed by atoms with E-state index in [0.717, 1.165) is 17.7 Å². The van der Waals surface area contributed by atoms with Gasteiger partial charge in [-0.05, 0) is 62.2 Å². The van der Waals surface area contributed by atoms with Crippen molar-refractivity contribution in [3.8, 4) is 17.4 Å². The second kappa shape index (κ2) is 12.4. The van der Waals surface area contributed by atoms with Crippen molar-refractivity contribution in [1.82, 2.24) is 9.97 Å². The molecule has 0 atom stereocenters. The van der Waals surface area contributed by atoms with E-state index in [1.165, 1.54) is 50.2 Å².